The molecule has 28 heavy (non-hydrogen) atoms. The zero-order valence-corrected chi connectivity index (χ0v) is 16.9. The maximum Gasteiger partial charge on any atom is 0.337 e. The van der Waals surface area contributed by atoms with Crippen LogP contribution in [-0.2, 0) is 9.47 Å². The number of carbonyl (C=O) groups excluding carboxylic acids is 3. The van der Waals surface area contributed by atoms with Gasteiger partial charge in [0.1, 0.15) is 9.88 Å². The first-order valence-electron chi connectivity index (χ1n) is 8.06. The van der Waals surface area contributed by atoms with Crippen LogP contribution in [0.25, 0.3) is 10.6 Å². The summed E-state index contributed by atoms with van der Waals surface area (Å²) >= 11 is 2.83. The summed E-state index contributed by atoms with van der Waals surface area (Å²) < 4.78 is 9.40. The van der Waals surface area contributed by atoms with E-state index in [4.69, 9.17) is 9.47 Å². The van der Waals surface area contributed by atoms with Crippen molar-refractivity contribution in [1.29, 1.82) is 0 Å². The number of hydrogen-bond donors (Lipinski definition) is 1. The Balaban J connectivity index is 1.91. The number of benzene rings is 1. The number of methoxy groups -OCH3 is 2. The molecule has 1 N–H and O–H groups in total. The molecule has 0 aliphatic carbocycles. The van der Waals surface area contributed by atoms with E-state index in [0.717, 1.165) is 10.6 Å². The van der Waals surface area contributed by atoms with Gasteiger partial charge in [0, 0.05) is 16.6 Å². The van der Waals surface area contributed by atoms with Gasteiger partial charge in [-0.3, -0.25) is 4.79 Å². The number of aryl methyl sites for hydroxylation is 1. The predicted octanol–water partition coefficient (Wildman–Crippen LogP) is 4.01. The van der Waals surface area contributed by atoms with Gasteiger partial charge < -0.3 is 14.8 Å². The molecular weight excluding hydrogens is 400 g/mol. The molecule has 0 radical (unpaired) electrons. The first-order valence-corrected chi connectivity index (χ1v) is 9.82. The van der Waals surface area contributed by atoms with E-state index >= 15 is 0 Å². The summed E-state index contributed by atoms with van der Waals surface area (Å²) in [6, 6.07) is 6.16. The Hall–Kier alpha value is -3.04. The third-order valence-electron chi connectivity index (χ3n) is 3.80. The number of nitrogens with one attached hydrogen (secondary N) is 1. The van der Waals surface area contributed by atoms with E-state index < -0.39 is 11.9 Å². The summed E-state index contributed by atoms with van der Waals surface area (Å²) in [7, 11) is 2.47. The minimum atomic E-state index is -0.630. The molecule has 7 nitrogen and oxygen atoms in total. The monoisotopic (exact) mass is 416 g/mol. The molecule has 0 saturated heterocycles. The van der Waals surface area contributed by atoms with Crippen LogP contribution in [0.5, 0.6) is 0 Å². The number of esters is 2. The lowest BCUT2D eigenvalue weighted by Crippen LogP contribution is -2.14. The quantitative estimate of drug-likeness (QED) is 0.632. The van der Waals surface area contributed by atoms with Gasteiger partial charge >= 0.3 is 11.9 Å². The number of aromatic nitrogens is 1. The van der Waals surface area contributed by atoms with Crippen molar-refractivity contribution in [2.24, 2.45) is 0 Å². The van der Waals surface area contributed by atoms with Gasteiger partial charge in [-0.1, -0.05) is 0 Å². The summed E-state index contributed by atoms with van der Waals surface area (Å²) in [6.07, 6.45) is 0. The first-order chi connectivity index (χ1) is 13.4. The normalized spacial score (nSPS) is 10.4. The fourth-order valence-electron chi connectivity index (χ4n) is 2.48. The Morgan fingerprint density at radius 1 is 1.04 bits per heavy atom. The summed E-state index contributed by atoms with van der Waals surface area (Å²) in [6.45, 7) is 1.76. The number of hydrogen-bond acceptors (Lipinski definition) is 8. The number of carbonyl (C=O) groups is 3. The Morgan fingerprint density at radius 3 is 2.21 bits per heavy atom. The van der Waals surface area contributed by atoms with Gasteiger partial charge in [-0.2, -0.15) is 11.3 Å². The fourth-order valence-corrected chi connectivity index (χ4v) is 4.15. The van der Waals surface area contributed by atoms with E-state index in [1.807, 2.05) is 16.8 Å². The molecule has 0 bridgehead atoms. The summed E-state index contributed by atoms with van der Waals surface area (Å²) in [5.74, 6) is -1.64. The van der Waals surface area contributed by atoms with Crippen molar-refractivity contribution in [3.8, 4) is 10.6 Å². The number of anilines is 1. The molecule has 3 rings (SSSR count). The van der Waals surface area contributed by atoms with Gasteiger partial charge in [-0.05, 0) is 36.6 Å². The SMILES string of the molecule is COC(=O)c1cc(NC(=O)c2sc(-c3ccsc3)nc2C)cc(C(=O)OC)c1. The highest BCUT2D eigenvalue weighted by Crippen LogP contribution is 2.30. The molecule has 3 aromatic rings. The van der Waals surface area contributed by atoms with E-state index in [-0.39, 0.29) is 22.7 Å². The Kier molecular flexibility index (Phi) is 5.86. The van der Waals surface area contributed by atoms with Crippen molar-refractivity contribution < 1.29 is 23.9 Å². The number of thiazole rings is 1. The van der Waals surface area contributed by atoms with Crippen molar-refractivity contribution in [1.82, 2.24) is 4.98 Å². The third-order valence-corrected chi connectivity index (χ3v) is 5.69. The van der Waals surface area contributed by atoms with Crippen LogP contribution in [-0.4, -0.2) is 37.0 Å². The van der Waals surface area contributed by atoms with E-state index in [2.05, 4.69) is 10.3 Å². The van der Waals surface area contributed by atoms with Gasteiger partial charge in [0.2, 0.25) is 0 Å². The molecule has 9 heteroatoms. The maximum atomic E-state index is 12.7. The van der Waals surface area contributed by atoms with Crippen LogP contribution in [0.4, 0.5) is 5.69 Å². The van der Waals surface area contributed by atoms with E-state index in [9.17, 15) is 14.4 Å². The van der Waals surface area contributed by atoms with Crippen molar-refractivity contribution in [2.45, 2.75) is 6.92 Å². The molecule has 0 saturated carbocycles. The standard InChI is InChI=1S/C19H16N2O5S2/c1-10-15(28-17(20-10)11-4-5-27-9-11)16(22)21-14-7-12(18(23)25-2)6-13(8-14)19(24)26-3/h4-9H,1-3H3,(H,21,22). The molecule has 0 spiro atoms. The number of ether oxygens (including phenoxy) is 2. The lowest BCUT2D eigenvalue weighted by Gasteiger charge is -2.09. The van der Waals surface area contributed by atoms with Crippen LogP contribution in [0.15, 0.2) is 35.0 Å². The molecule has 0 aliphatic rings. The molecule has 144 valence electrons. The van der Waals surface area contributed by atoms with Crippen molar-refractivity contribution in [3.05, 3.63) is 56.7 Å². The van der Waals surface area contributed by atoms with Crippen molar-refractivity contribution in [3.63, 3.8) is 0 Å². The van der Waals surface area contributed by atoms with Gasteiger partial charge in [-0.15, -0.1) is 11.3 Å². The van der Waals surface area contributed by atoms with Crippen molar-refractivity contribution >= 4 is 46.2 Å². The van der Waals surface area contributed by atoms with Crippen LogP contribution in [0.3, 0.4) is 0 Å². The number of rotatable bonds is 5. The van der Waals surface area contributed by atoms with Crippen molar-refractivity contribution in [2.75, 3.05) is 19.5 Å². The van der Waals surface area contributed by atoms with Gasteiger partial charge in [-0.25, -0.2) is 14.6 Å². The molecule has 2 aromatic heterocycles. The molecule has 0 aliphatic heterocycles. The van der Waals surface area contributed by atoms with Crippen LogP contribution >= 0.6 is 22.7 Å². The smallest absolute Gasteiger partial charge is 0.337 e. The second kappa shape index (κ2) is 8.32. The summed E-state index contributed by atoms with van der Waals surface area (Å²) in [4.78, 5) is 41.4. The second-order valence-corrected chi connectivity index (χ2v) is 7.46. The van der Waals surface area contributed by atoms with E-state index in [1.54, 1.807) is 18.3 Å². The molecule has 2 heterocycles. The van der Waals surface area contributed by atoms with Gasteiger partial charge in [0.15, 0.2) is 0 Å². The second-order valence-electron chi connectivity index (χ2n) is 5.68. The average molecular weight is 416 g/mol. The van der Waals surface area contributed by atoms with Crippen LogP contribution < -0.4 is 5.32 Å². The van der Waals surface area contributed by atoms with Crippen LogP contribution in [0.2, 0.25) is 0 Å². The molecule has 0 fully saturated rings. The fraction of sp³-hybridized carbons (Fsp3) is 0.158. The largest absolute Gasteiger partial charge is 0.465 e. The Morgan fingerprint density at radius 2 is 1.68 bits per heavy atom. The number of nitrogens with zero attached hydrogens (tertiary/aromatic N) is 1. The molecule has 0 unspecified atom stereocenters. The molecule has 1 amide bonds. The highest BCUT2D eigenvalue weighted by molar-refractivity contribution is 7.17. The lowest BCUT2D eigenvalue weighted by atomic mass is 10.1. The lowest BCUT2D eigenvalue weighted by molar-refractivity contribution is 0.0599. The zero-order chi connectivity index (χ0) is 20.3. The average Bonchev–Trinajstić information content (AvgIpc) is 3.35. The van der Waals surface area contributed by atoms with Gasteiger partial charge in [0.25, 0.3) is 5.91 Å². The topological polar surface area (TPSA) is 94.6 Å². The van der Waals surface area contributed by atoms with E-state index in [0.29, 0.717) is 10.6 Å². The first kappa shape index (κ1) is 19.7. The predicted molar refractivity (Wildman–Crippen MR) is 107 cm³/mol. The minimum absolute atomic E-state index is 0.126. The number of amides is 1. The number of thiophene rings is 1. The minimum Gasteiger partial charge on any atom is -0.465 e. The summed E-state index contributed by atoms with van der Waals surface area (Å²) in [5, 5.41) is 7.37. The van der Waals surface area contributed by atoms with Crippen LogP contribution in [0.1, 0.15) is 36.1 Å². The third kappa shape index (κ3) is 4.10. The van der Waals surface area contributed by atoms with E-state index in [1.165, 1.54) is 43.8 Å². The highest BCUT2D eigenvalue weighted by atomic mass is 32.1. The molecule has 0 atom stereocenters. The maximum absolute atomic E-state index is 12.7. The van der Waals surface area contributed by atoms with Crippen LogP contribution in [0, 0.1) is 6.92 Å². The summed E-state index contributed by atoms with van der Waals surface area (Å²) in [5.41, 5.74) is 2.08. The Bertz CT molecular complexity index is 1010. The molecule has 1 aromatic carbocycles. The molecular formula is C19H16N2O5S2. The highest BCUT2D eigenvalue weighted by Gasteiger charge is 2.19. The van der Waals surface area contributed by atoms with Gasteiger partial charge in [0.05, 0.1) is 31.0 Å². The Labute approximate surface area is 168 Å². The zero-order valence-electron chi connectivity index (χ0n) is 15.3.